The molecule has 1 aliphatic rings. The first-order chi connectivity index (χ1) is 11.6. The fraction of sp³-hybridized carbons (Fsp3) is 0.235. The molecule has 2 aromatic carbocycles. The minimum Gasteiger partial charge on any atom is -0.336 e. The molecule has 2 N–H and O–H groups in total. The van der Waals surface area contributed by atoms with Gasteiger partial charge in [0, 0.05) is 37.4 Å². The van der Waals surface area contributed by atoms with Crippen molar-refractivity contribution in [3.63, 3.8) is 0 Å². The van der Waals surface area contributed by atoms with Crippen molar-refractivity contribution in [1.82, 2.24) is 10.2 Å². The van der Waals surface area contributed by atoms with Gasteiger partial charge in [0.2, 0.25) is 0 Å². The number of nitrogens with one attached hydrogen (secondary N) is 2. The Morgan fingerprint density at radius 3 is 2.42 bits per heavy atom. The van der Waals surface area contributed by atoms with E-state index in [0.717, 1.165) is 13.1 Å². The average molecular weight is 345 g/mol. The number of rotatable bonds is 4. The van der Waals surface area contributed by atoms with Crippen molar-refractivity contribution >= 4 is 21.6 Å². The molecule has 1 aliphatic heterocycles. The van der Waals surface area contributed by atoms with Crippen LogP contribution in [0.2, 0.25) is 0 Å². The molecule has 0 aliphatic carbocycles. The van der Waals surface area contributed by atoms with Crippen molar-refractivity contribution in [2.24, 2.45) is 0 Å². The second-order valence-corrected chi connectivity index (χ2v) is 7.22. The van der Waals surface area contributed by atoms with Gasteiger partial charge in [-0.25, -0.2) is 8.42 Å². The first kappa shape index (κ1) is 16.5. The number of benzene rings is 2. The fourth-order valence-corrected chi connectivity index (χ4v) is 3.65. The first-order valence-electron chi connectivity index (χ1n) is 7.74. The second kappa shape index (κ2) is 7.02. The summed E-state index contributed by atoms with van der Waals surface area (Å²) in [6.45, 7) is 2.84. The standard InChI is InChI=1S/C17H19N3O3S/c21-17(20-11-9-18-10-12-20)14-5-4-6-15(13-14)19-24(22,23)16-7-2-1-3-8-16/h1-8,13,18-19H,9-12H2. The highest BCUT2D eigenvalue weighted by Crippen LogP contribution is 2.18. The van der Waals surface area contributed by atoms with Crippen molar-refractivity contribution in [2.45, 2.75) is 4.90 Å². The third kappa shape index (κ3) is 3.74. The van der Waals surface area contributed by atoms with E-state index in [1.165, 1.54) is 12.1 Å². The maximum atomic E-state index is 12.5. The van der Waals surface area contributed by atoms with Gasteiger partial charge >= 0.3 is 0 Å². The molecule has 0 aromatic heterocycles. The van der Waals surface area contributed by atoms with Crippen LogP contribution < -0.4 is 10.0 Å². The van der Waals surface area contributed by atoms with Crippen molar-refractivity contribution in [1.29, 1.82) is 0 Å². The fourth-order valence-electron chi connectivity index (χ4n) is 2.58. The van der Waals surface area contributed by atoms with Gasteiger partial charge in [0.05, 0.1) is 4.90 Å². The second-order valence-electron chi connectivity index (χ2n) is 5.54. The highest BCUT2D eigenvalue weighted by molar-refractivity contribution is 7.92. The van der Waals surface area contributed by atoms with Crippen LogP contribution in [0.4, 0.5) is 5.69 Å². The lowest BCUT2D eigenvalue weighted by atomic mass is 10.1. The monoisotopic (exact) mass is 345 g/mol. The topological polar surface area (TPSA) is 78.5 Å². The van der Waals surface area contributed by atoms with Gasteiger partial charge < -0.3 is 10.2 Å². The summed E-state index contributed by atoms with van der Waals surface area (Å²) >= 11 is 0. The number of hydrogen-bond donors (Lipinski definition) is 2. The van der Waals surface area contributed by atoms with E-state index in [1.54, 1.807) is 47.4 Å². The molecule has 7 heteroatoms. The van der Waals surface area contributed by atoms with E-state index in [-0.39, 0.29) is 10.8 Å². The molecule has 1 fully saturated rings. The van der Waals surface area contributed by atoms with Crippen LogP contribution in [-0.4, -0.2) is 45.4 Å². The Bertz CT molecular complexity index is 816. The minimum absolute atomic E-state index is 0.0859. The summed E-state index contributed by atoms with van der Waals surface area (Å²) in [5, 5.41) is 3.20. The molecule has 0 spiro atoms. The Labute approximate surface area is 141 Å². The number of carbonyl (C=O) groups excluding carboxylic acids is 1. The van der Waals surface area contributed by atoms with E-state index in [9.17, 15) is 13.2 Å². The average Bonchev–Trinajstić information content (AvgIpc) is 2.62. The summed E-state index contributed by atoms with van der Waals surface area (Å²) < 4.78 is 27.3. The van der Waals surface area contributed by atoms with Gasteiger partial charge in [-0.3, -0.25) is 9.52 Å². The van der Waals surface area contributed by atoms with Gasteiger partial charge in [-0.2, -0.15) is 0 Å². The van der Waals surface area contributed by atoms with Crippen LogP contribution in [0.15, 0.2) is 59.5 Å². The molecule has 0 atom stereocenters. The number of anilines is 1. The molecule has 2 aromatic rings. The number of sulfonamides is 1. The predicted octanol–water partition coefficient (Wildman–Crippen LogP) is 1.53. The van der Waals surface area contributed by atoms with E-state index < -0.39 is 10.0 Å². The highest BCUT2D eigenvalue weighted by Gasteiger charge is 2.19. The van der Waals surface area contributed by atoms with Gasteiger partial charge in [-0.15, -0.1) is 0 Å². The molecule has 126 valence electrons. The lowest BCUT2D eigenvalue weighted by molar-refractivity contribution is 0.0736. The van der Waals surface area contributed by atoms with E-state index in [1.807, 2.05) is 0 Å². The normalized spacial score (nSPS) is 15.1. The lowest BCUT2D eigenvalue weighted by Gasteiger charge is -2.27. The van der Waals surface area contributed by atoms with Crippen LogP contribution in [0.5, 0.6) is 0 Å². The lowest BCUT2D eigenvalue weighted by Crippen LogP contribution is -2.46. The molecule has 3 rings (SSSR count). The minimum atomic E-state index is -3.67. The maximum Gasteiger partial charge on any atom is 0.261 e. The Kier molecular flexibility index (Phi) is 4.82. The number of piperazine rings is 1. The van der Waals surface area contributed by atoms with Crippen molar-refractivity contribution in [3.05, 3.63) is 60.2 Å². The molecule has 1 amide bonds. The van der Waals surface area contributed by atoms with E-state index in [0.29, 0.717) is 24.3 Å². The molecule has 1 saturated heterocycles. The van der Waals surface area contributed by atoms with Crippen LogP contribution >= 0.6 is 0 Å². The van der Waals surface area contributed by atoms with Crippen LogP contribution in [-0.2, 0) is 10.0 Å². The number of amides is 1. The first-order valence-corrected chi connectivity index (χ1v) is 9.22. The van der Waals surface area contributed by atoms with Crippen molar-refractivity contribution < 1.29 is 13.2 Å². The smallest absolute Gasteiger partial charge is 0.261 e. The van der Waals surface area contributed by atoms with Crippen LogP contribution in [0.3, 0.4) is 0 Å². The summed E-state index contributed by atoms with van der Waals surface area (Å²) in [6, 6.07) is 14.7. The third-order valence-corrected chi connectivity index (χ3v) is 5.22. The molecule has 0 unspecified atom stereocenters. The predicted molar refractivity (Wildman–Crippen MR) is 92.5 cm³/mol. The Balaban J connectivity index is 1.79. The van der Waals surface area contributed by atoms with Crippen LogP contribution in [0.25, 0.3) is 0 Å². The Morgan fingerprint density at radius 1 is 1.00 bits per heavy atom. The molecule has 0 radical (unpaired) electrons. The zero-order chi connectivity index (χ0) is 17.0. The molecule has 0 bridgehead atoms. The number of nitrogens with zero attached hydrogens (tertiary/aromatic N) is 1. The molecule has 6 nitrogen and oxygen atoms in total. The quantitative estimate of drug-likeness (QED) is 0.881. The third-order valence-electron chi connectivity index (χ3n) is 3.82. The Morgan fingerprint density at radius 2 is 1.71 bits per heavy atom. The molecular formula is C17H19N3O3S. The summed E-state index contributed by atoms with van der Waals surface area (Å²) in [5.41, 5.74) is 0.852. The van der Waals surface area contributed by atoms with E-state index in [2.05, 4.69) is 10.0 Å². The summed E-state index contributed by atoms with van der Waals surface area (Å²) in [7, 11) is -3.67. The van der Waals surface area contributed by atoms with E-state index in [4.69, 9.17) is 0 Å². The maximum absolute atomic E-state index is 12.5. The SMILES string of the molecule is O=C(c1cccc(NS(=O)(=O)c2ccccc2)c1)N1CCNCC1. The van der Waals surface area contributed by atoms with Gasteiger partial charge in [-0.05, 0) is 30.3 Å². The highest BCUT2D eigenvalue weighted by atomic mass is 32.2. The van der Waals surface area contributed by atoms with Gasteiger partial charge in [0.25, 0.3) is 15.9 Å². The van der Waals surface area contributed by atoms with Crippen molar-refractivity contribution in [3.8, 4) is 0 Å². The zero-order valence-corrected chi connectivity index (χ0v) is 13.9. The van der Waals surface area contributed by atoms with Gasteiger partial charge in [0.15, 0.2) is 0 Å². The van der Waals surface area contributed by atoms with Crippen LogP contribution in [0, 0.1) is 0 Å². The number of carbonyl (C=O) groups is 1. The van der Waals surface area contributed by atoms with Crippen molar-refractivity contribution in [2.75, 3.05) is 30.9 Å². The van der Waals surface area contributed by atoms with Gasteiger partial charge in [-0.1, -0.05) is 24.3 Å². The molecule has 24 heavy (non-hydrogen) atoms. The zero-order valence-electron chi connectivity index (χ0n) is 13.1. The summed E-state index contributed by atoms with van der Waals surface area (Å²) in [4.78, 5) is 14.5. The van der Waals surface area contributed by atoms with E-state index >= 15 is 0 Å². The Hall–Kier alpha value is -2.38. The molecule has 0 saturated carbocycles. The largest absolute Gasteiger partial charge is 0.336 e. The molecular weight excluding hydrogens is 326 g/mol. The summed E-state index contributed by atoms with van der Waals surface area (Å²) in [6.07, 6.45) is 0. The van der Waals surface area contributed by atoms with Gasteiger partial charge in [0.1, 0.15) is 0 Å². The number of hydrogen-bond acceptors (Lipinski definition) is 4. The summed E-state index contributed by atoms with van der Waals surface area (Å²) in [5.74, 6) is -0.0859. The van der Waals surface area contributed by atoms with Crippen LogP contribution in [0.1, 0.15) is 10.4 Å². The molecule has 1 heterocycles.